The number of phenolic OH excluding ortho intramolecular Hbond substituents is 1. The van der Waals surface area contributed by atoms with Gasteiger partial charge in [0.1, 0.15) is 0 Å². The van der Waals surface area contributed by atoms with Crippen molar-refractivity contribution in [2.45, 2.75) is 0 Å². The van der Waals surface area contributed by atoms with Crippen LogP contribution in [0.1, 0.15) is 5.56 Å². The number of aromatic hydroxyl groups is 1. The molecule has 1 aromatic rings. The van der Waals surface area contributed by atoms with Gasteiger partial charge in [0.15, 0.2) is 11.5 Å². The Balaban J connectivity index is 2.75. The van der Waals surface area contributed by atoms with Gasteiger partial charge in [-0.3, -0.25) is 0 Å². The first-order chi connectivity index (χ1) is 7.13. The summed E-state index contributed by atoms with van der Waals surface area (Å²) in [6.45, 7) is 0. The molecule has 1 rings (SSSR count). The molecule has 0 atom stereocenters. The van der Waals surface area contributed by atoms with E-state index in [1.165, 1.54) is 19.4 Å². The number of nitrogens with one attached hydrogen (secondary N) is 1. The van der Waals surface area contributed by atoms with Gasteiger partial charge in [0.2, 0.25) is 0 Å². The summed E-state index contributed by atoms with van der Waals surface area (Å²) in [6, 6.07) is 3.96. The van der Waals surface area contributed by atoms with Crippen LogP contribution in [0.2, 0.25) is 0 Å². The van der Waals surface area contributed by atoms with Gasteiger partial charge in [-0.15, -0.1) is 0 Å². The van der Waals surface area contributed by atoms with Crippen LogP contribution in [0.5, 0.6) is 11.5 Å². The molecule has 0 heterocycles. The maximum atomic E-state index is 10.3. The van der Waals surface area contributed by atoms with Crippen molar-refractivity contribution in [3.8, 4) is 11.5 Å². The van der Waals surface area contributed by atoms with E-state index in [4.69, 9.17) is 10.5 Å². The molecule has 0 bridgehead atoms. The molecule has 2 amide bonds. The molecular weight excluding hydrogens is 198 g/mol. The Hall–Kier alpha value is -2.24. The summed E-state index contributed by atoms with van der Waals surface area (Å²) in [5.41, 5.74) is 7.45. The van der Waals surface area contributed by atoms with Crippen molar-refractivity contribution in [1.29, 1.82) is 0 Å². The Bertz CT molecular complexity index is 390. The lowest BCUT2D eigenvalue weighted by molar-refractivity contribution is 0.249. The molecule has 0 fully saturated rings. The van der Waals surface area contributed by atoms with Crippen molar-refractivity contribution in [3.05, 3.63) is 23.8 Å². The van der Waals surface area contributed by atoms with Gasteiger partial charge in [-0.05, 0) is 23.8 Å². The molecule has 1 aromatic carbocycles. The van der Waals surface area contributed by atoms with Crippen molar-refractivity contribution >= 4 is 12.2 Å². The van der Waals surface area contributed by atoms with Gasteiger partial charge in [0.05, 0.1) is 13.3 Å². The number of hydrogen-bond acceptors (Lipinski definition) is 4. The number of primary amides is 1. The SMILES string of the molecule is COc1ccc(/C=N/NC(N)=O)cc1O. The quantitative estimate of drug-likeness (QED) is 0.496. The predicted octanol–water partition coefficient (Wildman–Crippen LogP) is 0.403. The highest BCUT2D eigenvalue weighted by Crippen LogP contribution is 2.25. The molecular formula is C9H11N3O3. The lowest BCUT2D eigenvalue weighted by Gasteiger charge is -2.02. The number of hydrazone groups is 1. The van der Waals surface area contributed by atoms with Gasteiger partial charge in [-0.2, -0.15) is 5.10 Å². The first-order valence-corrected chi connectivity index (χ1v) is 4.09. The van der Waals surface area contributed by atoms with Gasteiger partial charge in [0, 0.05) is 0 Å². The Morgan fingerprint density at radius 2 is 2.40 bits per heavy atom. The Labute approximate surface area is 86.4 Å². The highest BCUT2D eigenvalue weighted by Gasteiger charge is 2.00. The van der Waals surface area contributed by atoms with E-state index in [9.17, 15) is 9.90 Å². The number of benzene rings is 1. The van der Waals surface area contributed by atoms with Gasteiger partial charge < -0.3 is 15.6 Å². The second kappa shape index (κ2) is 4.85. The summed E-state index contributed by atoms with van der Waals surface area (Å²) >= 11 is 0. The van der Waals surface area contributed by atoms with E-state index in [0.29, 0.717) is 11.3 Å². The summed E-state index contributed by atoms with van der Waals surface area (Å²) < 4.78 is 4.86. The molecule has 4 N–H and O–H groups in total. The number of rotatable bonds is 3. The second-order valence-electron chi connectivity index (χ2n) is 2.67. The van der Waals surface area contributed by atoms with E-state index in [0.717, 1.165) is 0 Å². The number of hydrogen-bond donors (Lipinski definition) is 3. The average molecular weight is 209 g/mol. The summed E-state index contributed by atoms with van der Waals surface area (Å²) in [5, 5.41) is 12.9. The number of phenols is 1. The van der Waals surface area contributed by atoms with Crippen molar-refractivity contribution in [3.63, 3.8) is 0 Å². The number of carbonyl (C=O) groups excluding carboxylic acids is 1. The standard InChI is InChI=1S/C9H11N3O3/c1-15-8-3-2-6(4-7(8)13)5-11-12-9(10)14/h2-5,13H,1H3,(H3,10,12,14)/b11-5+. The zero-order valence-corrected chi connectivity index (χ0v) is 8.10. The number of ether oxygens (including phenoxy) is 1. The number of carbonyl (C=O) groups is 1. The van der Waals surface area contributed by atoms with E-state index in [1.807, 2.05) is 5.43 Å². The fraction of sp³-hybridized carbons (Fsp3) is 0.111. The normalized spacial score (nSPS) is 10.2. The molecule has 0 aliphatic heterocycles. The number of methoxy groups -OCH3 is 1. The lowest BCUT2D eigenvalue weighted by atomic mass is 10.2. The highest BCUT2D eigenvalue weighted by molar-refractivity contribution is 5.82. The van der Waals surface area contributed by atoms with Crippen molar-refractivity contribution in [1.82, 2.24) is 5.43 Å². The molecule has 80 valence electrons. The monoisotopic (exact) mass is 209 g/mol. The zero-order valence-electron chi connectivity index (χ0n) is 8.10. The molecule has 0 aromatic heterocycles. The Morgan fingerprint density at radius 3 is 2.93 bits per heavy atom. The van der Waals surface area contributed by atoms with Crippen molar-refractivity contribution < 1.29 is 14.6 Å². The van der Waals surface area contributed by atoms with Gasteiger partial charge >= 0.3 is 6.03 Å². The summed E-state index contributed by atoms with van der Waals surface area (Å²) in [7, 11) is 1.46. The summed E-state index contributed by atoms with van der Waals surface area (Å²) in [5.74, 6) is 0.371. The Morgan fingerprint density at radius 1 is 1.67 bits per heavy atom. The van der Waals surface area contributed by atoms with Crippen LogP contribution in [-0.2, 0) is 0 Å². The summed E-state index contributed by atoms with van der Waals surface area (Å²) in [4.78, 5) is 10.3. The molecule has 6 nitrogen and oxygen atoms in total. The fourth-order valence-electron chi connectivity index (χ4n) is 0.958. The van der Waals surface area contributed by atoms with E-state index in [2.05, 4.69) is 5.10 Å². The average Bonchev–Trinajstić information content (AvgIpc) is 2.17. The third-order valence-electron chi connectivity index (χ3n) is 1.59. The van der Waals surface area contributed by atoms with Gasteiger partial charge in [-0.25, -0.2) is 10.2 Å². The molecule has 0 aliphatic rings. The highest BCUT2D eigenvalue weighted by atomic mass is 16.5. The summed E-state index contributed by atoms with van der Waals surface area (Å²) in [6.07, 6.45) is 1.35. The zero-order chi connectivity index (χ0) is 11.3. The molecule has 0 aliphatic carbocycles. The smallest absolute Gasteiger partial charge is 0.332 e. The first-order valence-electron chi connectivity index (χ1n) is 4.09. The topological polar surface area (TPSA) is 96.9 Å². The molecule has 0 saturated carbocycles. The maximum absolute atomic E-state index is 10.3. The third-order valence-corrected chi connectivity index (χ3v) is 1.59. The third kappa shape index (κ3) is 3.18. The van der Waals surface area contributed by atoms with Crippen LogP contribution in [0.25, 0.3) is 0 Å². The van der Waals surface area contributed by atoms with Crippen molar-refractivity contribution in [2.24, 2.45) is 10.8 Å². The van der Waals surface area contributed by atoms with Crippen LogP contribution >= 0.6 is 0 Å². The largest absolute Gasteiger partial charge is 0.504 e. The number of nitrogens with zero attached hydrogens (tertiary/aromatic N) is 1. The Kier molecular flexibility index (Phi) is 3.50. The number of amides is 2. The molecule has 15 heavy (non-hydrogen) atoms. The molecule has 6 heteroatoms. The molecule has 0 unspecified atom stereocenters. The lowest BCUT2D eigenvalue weighted by Crippen LogP contribution is -2.24. The van der Waals surface area contributed by atoms with Crippen LogP contribution in [0.3, 0.4) is 0 Å². The second-order valence-corrected chi connectivity index (χ2v) is 2.67. The molecule has 0 saturated heterocycles. The maximum Gasteiger partial charge on any atom is 0.332 e. The fourth-order valence-corrected chi connectivity index (χ4v) is 0.958. The number of urea groups is 1. The predicted molar refractivity (Wildman–Crippen MR) is 55.0 cm³/mol. The molecule has 0 radical (unpaired) electrons. The molecule has 0 spiro atoms. The number of nitrogens with two attached hydrogens (primary N) is 1. The minimum Gasteiger partial charge on any atom is -0.504 e. The van der Waals surface area contributed by atoms with E-state index >= 15 is 0 Å². The van der Waals surface area contributed by atoms with Gasteiger partial charge in [0.25, 0.3) is 0 Å². The van der Waals surface area contributed by atoms with Crippen molar-refractivity contribution in [2.75, 3.05) is 7.11 Å². The van der Waals surface area contributed by atoms with E-state index < -0.39 is 6.03 Å². The van der Waals surface area contributed by atoms with E-state index in [-0.39, 0.29) is 5.75 Å². The van der Waals surface area contributed by atoms with E-state index in [1.54, 1.807) is 12.1 Å². The minimum absolute atomic E-state index is 0.000486. The van der Waals surface area contributed by atoms with Crippen LogP contribution in [0, 0.1) is 0 Å². The van der Waals surface area contributed by atoms with Gasteiger partial charge in [-0.1, -0.05) is 0 Å². The van der Waals surface area contributed by atoms with Crippen LogP contribution in [0.4, 0.5) is 4.79 Å². The minimum atomic E-state index is -0.746. The first kappa shape index (κ1) is 10.8. The van der Waals surface area contributed by atoms with Crippen LogP contribution < -0.4 is 15.9 Å². The van der Waals surface area contributed by atoms with Crippen LogP contribution in [-0.4, -0.2) is 24.5 Å². The van der Waals surface area contributed by atoms with Crippen LogP contribution in [0.15, 0.2) is 23.3 Å².